The summed E-state index contributed by atoms with van der Waals surface area (Å²) in [5, 5.41) is 0. The molecule has 1 aromatic heterocycles. The van der Waals surface area contributed by atoms with Crippen LogP contribution in [0.5, 0.6) is 0 Å². The van der Waals surface area contributed by atoms with Crippen molar-refractivity contribution in [3.8, 4) is 0 Å². The fourth-order valence-electron chi connectivity index (χ4n) is 8.00. The maximum atomic E-state index is 12.9. The first-order chi connectivity index (χ1) is 15.6. The average molecular weight is 457 g/mol. The number of quaternary nitrogens is 1. The summed E-state index contributed by atoms with van der Waals surface area (Å²) < 4.78 is 12.4. The molecule has 33 heavy (non-hydrogen) atoms. The van der Waals surface area contributed by atoms with Gasteiger partial charge in [-0.2, -0.15) is 0 Å². The summed E-state index contributed by atoms with van der Waals surface area (Å²) in [6, 6.07) is 2.88. The number of nitrogens with zero attached hydrogens (tertiary/aromatic N) is 1. The van der Waals surface area contributed by atoms with Crippen LogP contribution >= 0.6 is 0 Å². The topological polar surface area (TPSA) is 39.4 Å². The van der Waals surface area contributed by atoms with Crippen LogP contribution in [0.4, 0.5) is 0 Å². The number of esters is 1. The zero-order valence-electron chi connectivity index (χ0n) is 21.8. The van der Waals surface area contributed by atoms with E-state index in [-0.39, 0.29) is 16.8 Å². The molecule has 0 N–H and O–H groups in total. The molecule has 4 nitrogen and oxygen atoms in total. The predicted molar refractivity (Wildman–Crippen MR) is 133 cm³/mol. The van der Waals surface area contributed by atoms with Crippen LogP contribution in [0.1, 0.15) is 89.9 Å². The van der Waals surface area contributed by atoms with Crippen molar-refractivity contribution < 1.29 is 18.4 Å². The van der Waals surface area contributed by atoms with E-state index in [2.05, 4.69) is 40.5 Å². The second-order valence-electron chi connectivity index (χ2n) is 12.2. The van der Waals surface area contributed by atoms with Crippen molar-refractivity contribution in [1.82, 2.24) is 0 Å². The molecule has 4 rings (SSSR count). The SMILES string of the molecule is C=C1CC[C@@H]2[C@](C)(CCC[C@]2(C)C(=O)OC)[C@H]1CCc1ccoc1C[N+]1(C)CCCC[C@H]1C. The molecule has 0 spiro atoms. The Hall–Kier alpha value is -1.55. The number of methoxy groups -OCH3 is 1. The van der Waals surface area contributed by atoms with Gasteiger partial charge in [0.2, 0.25) is 0 Å². The zero-order valence-corrected chi connectivity index (χ0v) is 21.8. The van der Waals surface area contributed by atoms with Crippen LogP contribution in [0.15, 0.2) is 28.9 Å². The highest BCUT2D eigenvalue weighted by Gasteiger charge is 2.57. The maximum Gasteiger partial charge on any atom is 0.311 e. The first kappa shape index (κ1) is 24.6. The Morgan fingerprint density at radius 1 is 1.24 bits per heavy atom. The van der Waals surface area contributed by atoms with Crippen LogP contribution in [0.25, 0.3) is 0 Å². The number of ether oxygens (including phenoxy) is 1. The van der Waals surface area contributed by atoms with Crippen molar-refractivity contribution in [1.29, 1.82) is 0 Å². The van der Waals surface area contributed by atoms with E-state index in [9.17, 15) is 4.79 Å². The highest BCUT2D eigenvalue weighted by atomic mass is 16.5. The Labute approximate surface area is 201 Å². The maximum absolute atomic E-state index is 12.9. The van der Waals surface area contributed by atoms with Gasteiger partial charge in [0.05, 0.1) is 38.4 Å². The van der Waals surface area contributed by atoms with E-state index in [0.29, 0.717) is 17.9 Å². The standard InChI is InChI=1S/C29H46NO3/c1-21-11-14-26-28(3,16-9-17-29(26,4)27(31)32-6)24(21)13-12-23-15-19-33-25(23)20-30(5)18-8-7-10-22(30)2/h15,19,22,24,26H,1,7-14,16-18,20H2,2-6H3/q+1/t22-,24+,26-,28-,29+,30?/m1/s1. The van der Waals surface area contributed by atoms with E-state index in [4.69, 9.17) is 9.15 Å². The summed E-state index contributed by atoms with van der Waals surface area (Å²) in [5.41, 5.74) is 2.50. The molecule has 6 atom stereocenters. The number of carbonyl (C=O) groups is 1. The quantitative estimate of drug-likeness (QED) is 0.272. The molecule has 0 amide bonds. The zero-order chi connectivity index (χ0) is 23.9. The molecule has 1 aromatic rings. The molecule has 2 heterocycles. The molecule has 0 bridgehead atoms. The van der Waals surface area contributed by atoms with Crippen molar-refractivity contribution in [3.05, 3.63) is 35.8 Å². The minimum absolute atomic E-state index is 0.0191. The van der Waals surface area contributed by atoms with Crippen molar-refractivity contribution in [2.24, 2.45) is 22.7 Å². The molecule has 1 aliphatic heterocycles. The molecule has 0 aromatic carbocycles. The third-order valence-corrected chi connectivity index (χ3v) is 10.3. The Kier molecular flexibility index (Phi) is 6.88. The number of piperidine rings is 1. The summed E-state index contributed by atoms with van der Waals surface area (Å²) in [5.74, 6) is 1.97. The monoisotopic (exact) mass is 456 g/mol. The molecule has 2 saturated carbocycles. The normalized spacial score (nSPS) is 39.2. The molecule has 0 radical (unpaired) electrons. The number of rotatable bonds is 6. The fourth-order valence-corrected chi connectivity index (χ4v) is 8.00. The van der Waals surface area contributed by atoms with Gasteiger partial charge in [-0.1, -0.05) is 25.5 Å². The lowest BCUT2D eigenvalue weighted by Crippen LogP contribution is -2.53. The summed E-state index contributed by atoms with van der Waals surface area (Å²) >= 11 is 0. The highest BCUT2D eigenvalue weighted by molar-refractivity contribution is 5.77. The lowest BCUT2D eigenvalue weighted by molar-refractivity contribution is -0.949. The van der Waals surface area contributed by atoms with Gasteiger partial charge in [-0.15, -0.1) is 0 Å². The van der Waals surface area contributed by atoms with Crippen LogP contribution in [-0.4, -0.2) is 37.2 Å². The van der Waals surface area contributed by atoms with Gasteiger partial charge in [0.1, 0.15) is 6.54 Å². The molecule has 3 fully saturated rings. The number of aryl methyl sites for hydroxylation is 1. The lowest BCUT2D eigenvalue weighted by Gasteiger charge is -2.57. The first-order valence-electron chi connectivity index (χ1n) is 13.3. The number of carbonyl (C=O) groups excluding carboxylic acids is 1. The van der Waals surface area contributed by atoms with Gasteiger partial charge in [0.15, 0.2) is 5.76 Å². The predicted octanol–water partition coefficient (Wildman–Crippen LogP) is 6.68. The van der Waals surface area contributed by atoms with Gasteiger partial charge in [0.25, 0.3) is 0 Å². The van der Waals surface area contributed by atoms with Crippen LogP contribution in [0.2, 0.25) is 0 Å². The van der Waals surface area contributed by atoms with Crippen LogP contribution in [-0.2, 0) is 22.5 Å². The molecule has 4 heteroatoms. The van der Waals surface area contributed by atoms with Crippen LogP contribution in [0.3, 0.4) is 0 Å². The minimum Gasteiger partial charge on any atom is -0.469 e. The number of likely N-dealkylation sites (tertiary alicyclic amines) is 1. The number of hydrogen-bond acceptors (Lipinski definition) is 3. The van der Waals surface area contributed by atoms with E-state index in [1.54, 1.807) is 7.11 Å². The Morgan fingerprint density at radius 3 is 2.76 bits per heavy atom. The van der Waals surface area contributed by atoms with E-state index in [1.165, 1.54) is 49.1 Å². The van der Waals surface area contributed by atoms with Crippen molar-refractivity contribution in [2.75, 3.05) is 20.7 Å². The van der Waals surface area contributed by atoms with Gasteiger partial charge < -0.3 is 13.6 Å². The summed E-state index contributed by atoms with van der Waals surface area (Å²) in [4.78, 5) is 12.9. The molecular weight excluding hydrogens is 410 g/mol. The van der Waals surface area contributed by atoms with Gasteiger partial charge in [-0.3, -0.25) is 4.79 Å². The van der Waals surface area contributed by atoms with Crippen LogP contribution < -0.4 is 0 Å². The third-order valence-electron chi connectivity index (χ3n) is 10.3. The number of allylic oxidation sites excluding steroid dienone is 1. The molecule has 1 unspecified atom stereocenters. The summed E-state index contributed by atoms with van der Waals surface area (Å²) in [6.45, 7) is 13.8. The van der Waals surface area contributed by atoms with E-state index in [0.717, 1.165) is 49.6 Å². The summed E-state index contributed by atoms with van der Waals surface area (Å²) in [6.07, 6.45) is 13.3. The second kappa shape index (κ2) is 9.24. The molecule has 1 saturated heterocycles. The van der Waals surface area contributed by atoms with Crippen molar-refractivity contribution in [3.63, 3.8) is 0 Å². The largest absolute Gasteiger partial charge is 0.469 e. The van der Waals surface area contributed by atoms with Crippen molar-refractivity contribution >= 4 is 5.97 Å². The first-order valence-corrected chi connectivity index (χ1v) is 13.3. The smallest absolute Gasteiger partial charge is 0.311 e. The fraction of sp³-hybridized carbons (Fsp3) is 0.759. The van der Waals surface area contributed by atoms with E-state index < -0.39 is 0 Å². The van der Waals surface area contributed by atoms with E-state index in [1.807, 2.05) is 6.26 Å². The van der Waals surface area contributed by atoms with Gasteiger partial charge in [0, 0.05) is 0 Å². The van der Waals surface area contributed by atoms with Gasteiger partial charge >= 0.3 is 5.97 Å². The molecule has 3 aliphatic rings. The average Bonchev–Trinajstić information content (AvgIpc) is 3.21. The molecule has 184 valence electrons. The van der Waals surface area contributed by atoms with Crippen LogP contribution in [0, 0.1) is 22.7 Å². The Bertz CT molecular complexity index is 874. The molecular formula is C29H46NO3+. The Morgan fingerprint density at radius 2 is 2.03 bits per heavy atom. The third kappa shape index (κ3) is 4.33. The molecule has 2 aliphatic carbocycles. The number of fused-ring (bicyclic) bond motifs is 1. The second-order valence-corrected chi connectivity index (χ2v) is 12.2. The highest BCUT2D eigenvalue weighted by Crippen LogP contribution is 2.62. The Balaban J connectivity index is 1.51. The summed E-state index contributed by atoms with van der Waals surface area (Å²) in [7, 11) is 3.95. The minimum atomic E-state index is -0.370. The van der Waals surface area contributed by atoms with Gasteiger partial charge in [-0.25, -0.2) is 0 Å². The van der Waals surface area contributed by atoms with Gasteiger partial charge in [-0.05, 0) is 101 Å². The lowest BCUT2D eigenvalue weighted by atomic mass is 9.46. The number of hydrogen-bond donors (Lipinski definition) is 0. The van der Waals surface area contributed by atoms with E-state index >= 15 is 0 Å². The number of furan rings is 1. The van der Waals surface area contributed by atoms with Crippen molar-refractivity contribution in [2.45, 2.75) is 97.6 Å².